The molecular formula is C22H29FIN3O2. The lowest BCUT2D eigenvalue weighted by molar-refractivity contribution is 0.123. The normalized spacial score (nSPS) is 14.7. The highest BCUT2D eigenvalue weighted by molar-refractivity contribution is 14.0. The smallest absolute Gasteiger partial charge is 0.191 e. The van der Waals surface area contributed by atoms with Crippen LogP contribution in [-0.4, -0.2) is 39.8 Å². The molecule has 2 aromatic rings. The molecule has 1 fully saturated rings. The molecule has 0 spiro atoms. The van der Waals surface area contributed by atoms with Crippen LogP contribution in [0.4, 0.5) is 4.39 Å². The third kappa shape index (κ3) is 6.57. The van der Waals surface area contributed by atoms with Gasteiger partial charge >= 0.3 is 0 Å². The number of rotatable bonds is 9. The van der Waals surface area contributed by atoms with Crippen molar-refractivity contribution in [2.24, 2.45) is 4.99 Å². The summed E-state index contributed by atoms with van der Waals surface area (Å²) in [4.78, 5) is 4.26. The summed E-state index contributed by atoms with van der Waals surface area (Å²) in [6.07, 6.45) is 2.12. The van der Waals surface area contributed by atoms with Crippen LogP contribution in [0, 0.1) is 5.82 Å². The van der Waals surface area contributed by atoms with Crippen molar-refractivity contribution < 1.29 is 13.9 Å². The first kappa shape index (κ1) is 23.4. The van der Waals surface area contributed by atoms with Crippen LogP contribution in [0.25, 0.3) is 0 Å². The molecule has 0 atom stereocenters. The third-order valence-corrected chi connectivity index (χ3v) is 5.10. The van der Waals surface area contributed by atoms with Crippen molar-refractivity contribution in [3.63, 3.8) is 0 Å². The molecule has 0 heterocycles. The minimum absolute atomic E-state index is 0. The van der Waals surface area contributed by atoms with Crippen molar-refractivity contribution in [1.82, 2.24) is 10.6 Å². The van der Waals surface area contributed by atoms with Crippen molar-refractivity contribution in [2.45, 2.75) is 24.9 Å². The van der Waals surface area contributed by atoms with Gasteiger partial charge in [0.2, 0.25) is 0 Å². The zero-order valence-electron chi connectivity index (χ0n) is 16.9. The van der Waals surface area contributed by atoms with Crippen LogP contribution in [0.2, 0.25) is 0 Å². The predicted molar refractivity (Wildman–Crippen MR) is 125 cm³/mol. The van der Waals surface area contributed by atoms with Gasteiger partial charge in [0.1, 0.15) is 11.6 Å². The molecule has 0 radical (unpaired) electrons. The van der Waals surface area contributed by atoms with Gasteiger partial charge in [-0.25, -0.2) is 4.39 Å². The maximum atomic E-state index is 13.5. The van der Waals surface area contributed by atoms with E-state index in [0.717, 1.165) is 42.2 Å². The Balaban J connectivity index is 0.00000300. The van der Waals surface area contributed by atoms with Crippen molar-refractivity contribution in [1.29, 1.82) is 0 Å². The number of halogens is 2. The Morgan fingerprint density at radius 1 is 1.14 bits per heavy atom. The first-order valence-corrected chi connectivity index (χ1v) is 9.57. The molecule has 29 heavy (non-hydrogen) atoms. The molecule has 2 aromatic carbocycles. The topological polar surface area (TPSA) is 54.9 Å². The van der Waals surface area contributed by atoms with E-state index in [9.17, 15) is 4.39 Å². The second kappa shape index (κ2) is 11.3. The lowest BCUT2D eigenvalue weighted by atomic mass is 9.96. The monoisotopic (exact) mass is 513 g/mol. The third-order valence-electron chi connectivity index (χ3n) is 5.10. The van der Waals surface area contributed by atoms with E-state index in [1.54, 1.807) is 26.3 Å². The number of nitrogens with one attached hydrogen (secondary N) is 2. The summed E-state index contributed by atoms with van der Waals surface area (Å²) >= 11 is 0. The summed E-state index contributed by atoms with van der Waals surface area (Å²) in [5, 5.41) is 6.61. The predicted octanol–water partition coefficient (Wildman–Crippen LogP) is 3.87. The average Bonchev–Trinajstić information content (AvgIpc) is 3.51. The number of nitrogens with zero attached hydrogens (tertiary/aromatic N) is 1. The van der Waals surface area contributed by atoms with Crippen LogP contribution in [0.3, 0.4) is 0 Å². The van der Waals surface area contributed by atoms with Crippen molar-refractivity contribution >= 4 is 29.9 Å². The van der Waals surface area contributed by atoms with Gasteiger partial charge in [-0.3, -0.25) is 4.99 Å². The average molecular weight is 513 g/mol. The SMILES string of the molecule is CN=C(NCCOCc1ccccc1OC)NCC1(c2cccc(F)c2)CC1.I. The van der Waals surface area contributed by atoms with Crippen LogP contribution in [-0.2, 0) is 16.8 Å². The van der Waals surface area contributed by atoms with Gasteiger partial charge in [-0.05, 0) is 36.6 Å². The van der Waals surface area contributed by atoms with Crippen LogP contribution in [0.15, 0.2) is 53.5 Å². The Morgan fingerprint density at radius 2 is 1.93 bits per heavy atom. The lowest BCUT2D eigenvalue weighted by Crippen LogP contribution is -2.42. The molecular weight excluding hydrogens is 484 g/mol. The summed E-state index contributed by atoms with van der Waals surface area (Å²) in [5.41, 5.74) is 2.09. The molecule has 0 bridgehead atoms. The van der Waals surface area contributed by atoms with E-state index in [1.165, 1.54) is 6.07 Å². The van der Waals surface area contributed by atoms with Crippen molar-refractivity contribution in [2.75, 3.05) is 33.9 Å². The fourth-order valence-electron chi connectivity index (χ4n) is 3.26. The van der Waals surface area contributed by atoms with Gasteiger partial charge in [0.25, 0.3) is 0 Å². The molecule has 0 aliphatic heterocycles. The Labute approximate surface area is 189 Å². The van der Waals surface area contributed by atoms with Gasteiger partial charge in [-0.15, -0.1) is 24.0 Å². The fraction of sp³-hybridized carbons (Fsp3) is 0.409. The highest BCUT2D eigenvalue weighted by atomic mass is 127. The van der Waals surface area contributed by atoms with Gasteiger partial charge in [0, 0.05) is 31.1 Å². The molecule has 5 nitrogen and oxygen atoms in total. The maximum absolute atomic E-state index is 13.5. The molecule has 158 valence electrons. The van der Waals surface area contributed by atoms with Crippen molar-refractivity contribution in [3.8, 4) is 5.75 Å². The first-order chi connectivity index (χ1) is 13.7. The molecule has 7 heteroatoms. The molecule has 0 amide bonds. The molecule has 1 aliphatic rings. The molecule has 0 unspecified atom stereocenters. The Kier molecular flexibility index (Phi) is 9.16. The van der Waals surface area contributed by atoms with Crippen molar-refractivity contribution in [3.05, 3.63) is 65.5 Å². The first-order valence-electron chi connectivity index (χ1n) is 9.57. The number of ether oxygens (including phenoxy) is 2. The highest BCUT2D eigenvalue weighted by Crippen LogP contribution is 2.47. The number of methoxy groups -OCH3 is 1. The quantitative estimate of drug-likeness (QED) is 0.232. The summed E-state index contributed by atoms with van der Waals surface area (Å²) in [6.45, 7) is 2.42. The standard InChI is InChI=1S/C22H28FN3O2.HI/c1-24-21(25-12-13-28-15-17-6-3-4-9-20(17)27-2)26-16-22(10-11-22)18-7-5-8-19(23)14-18;/h3-9,14H,10-13,15-16H2,1-2H3,(H2,24,25,26);1H. The zero-order chi connectivity index (χ0) is 19.8. The van der Waals surface area contributed by atoms with E-state index >= 15 is 0 Å². The number of hydrogen-bond donors (Lipinski definition) is 2. The number of benzene rings is 2. The van der Waals surface area contributed by atoms with Gasteiger partial charge < -0.3 is 20.1 Å². The molecule has 0 aromatic heterocycles. The number of guanidine groups is 1. The minimum Gasteiger partial charge on any atom is -0.496 e. The summed E-state index contributed by atoms with van der Waals surface area (Å²) in [5.74, 6) is 1.38. The number of para-hydroxylation sites is 1. The van der Waals surface area contributed by atoms with E-state index < -0.39 is 0 Å². The molecule has 0 saturated heterocycles. The van der Waals surface area contributed by atoms with Crippen LogP contribution >= 0.6 is 24.0 Å². The van der Waals surface area contributed by atoms with Crippen LogP contribution in [0.5, 0.6) is 5.75 Å². The second-order valence-electron chi connectivity index (χ2n) is 7.01. The number of hydrogen-bond acceptors (Lipinski definition) is 3. The highest BCUT2D eigenvalue weighted by Gasteiger charge is 2.44. The van der Waals surface area contributed by atoms with E-state index in [0.29, 0.717) is 19.8 Å². The van der Waals surface area contributed by atoms with E-state index in [-0.39, 0.29) is 35.2 Å². The second-order valence-corrected chi connectivity index (χ2v) is 7.01. The van der Waals surface area contributed by atoms with E-state index in [1.807, 2.05) is 30.3 Å². The van der Waals surface area contributed by atoms with E-state index in [4.69, 9.17) is 9.47 Å². The summed E-state index contributed by atoms with van der Waals surface area (Å²) in [7, 11) is 3.40. The minimum atomic E-state index is -0.182. The maximum Gasteiger partial charge on any atom is 0.191 e. The zero-order valence-corrected chi connectivity index (χ0v) is 19.2. The fourth-order valence-corrected chi connectivity index (χ4v) is 3.26. The summed E-state index contributed by atoms with van der Waals surface area (Å²) in [6, 6.07) is 14.7. The Hall–Kier alpha value is -1.87. The van der Waals surface area contributed by atoms with Gasteiger partial charge in [-0.1, -0.05) is 30.3 Å². The largest absolute Gasteiger partial charge is 0.496 e. The van der Waals surface area contributed by atoms with Crippen LogP contribution in [0.1, 0.15) is 24.0 Å². The summed E-state index contributed by atoms with van der Waals surface area (Å²) < 4.78 is 24.6. The van der Waals surface area contributed by atoms with Gasteiger partial charge in [0.15, 0.2) is 5.96 Å². The Bertz CT molecular complexity index is 812. The lowest BCUT2D eigenvalue weighted by Gasteiger charge is -2.19. The molecule has 2 N–H and O–H groups in total. The van der Waals surface area contributed by atoms with E-state index in [2.05, 4.69) is 15.6 Å². The van der Waals surface area contributed by atoms with Crippen LogP contribution < -0.4 is 15.4 Å². The molecule has 1 saturated carbocycles. The molecule has 3 rings (SSSR count). The Morgan fingerprint density at radius 3 is 2.62 bits per heavy atom. The van der Waals surface area contributed by atoms with Gasteiger partial charge in [-0.2, -0.15) is 0 Å². The number of aliphatic imine (C=N–C) groups is 1. The van der Waals surface area contributed by atoms with Gasteiger partial charge in [0.05, 0.1) is 20.3 Å². The molecule has 1 aliphatic carbocycles.